The normalized spacial score (nSPS) is 25.0. The summed E-state index contributed by atoms with van der Waals surface area (Å²) < 4.78 is 5.60. The van der Waals surface area contributed by atoms with Gasteiger partial charge in [-0.2, -0.15) is 0 Å². The smallest absolute Gasteiger partial charge is 0.410 e. The maximum atomic E-state index is 13.4. The highest BCUT2D eigenvalue weighted by molar-refractivity contribution is 6.03. The van der Waals surface area contributed by atoms with Crippen LogP contribution < -0.4 is 0 Å². The molecule has 2 fully saturated rings. The molecule has 2 heterocycles. The molecule has 1 unspecified atom stereocenters. The number of likely N-dealkylation sites (tertiary alicyclic amines) is 1. The second-order valence-corrected chi connectivity index (χ2v) is 8.48. The van der Waals surface area contributed by atoms with Crippen LogP contribution in [0.5, 0.6) is 0 Å². The first-order chi connectivity index (χ1) is 14.6. The van der Waals surface area contributed by atoms with E-state index >= 15 is 0 Å². The number of ketones is 1. The molecular weight excluding hydrogens is 376 g/mol. The van der Waals surface area contributed by atoms with Crippen molar-refractivity contribution in [1.82, 2.24) is 9.88 Å². The third-order valence-corrected chi connectivity index (χ3v) is 6.97. The number of aromatic nitrogens is 1. The minimum atomic E-state index is -0.312. The number of hydrogen-bond acceptors (Lipinski definition) is 3. The second kappa shape index (κ2) is 7.31. The monoisotopic (exact) mass is 402 g/mol. The van der Waals surface area contributed by atoms with Crippen molar-refractivity contribution in [1.29, 1.82) is 0 Å². The summed E-state index contributed by atoms with van der Waals surface area (Å²) in [4.78, 5) is 31.4. The molecule has 3 aromatic rings. The van der Waals surface area contributed by atoms with Crippen LogP contribution in [0.15, 0.2) is 60.7 Å². The average Bonchev–Trinajstić information content (AvgIpc) is 3.28. The molecule has 1 saturated heterocycles. The van der Waals surface area contributed by atoms with E-state index in [0.717, 1.165) is 35.7 Å². The Balaban J connectivity index is 1.36. The molecule has 5 nitrogen and oxygen atoms in total. The molecule has 1 aliphatic carbocycles. The molecule has 1 amide bonds. The highest BCUT2D eigenvalue weighted by atomic mass is 16.6. The number of hydrogen-bond donors (Lipinski definition) is 1. The van der Waals surface area contributed by atoms with Crippen molar-refractivity contribution >= 4 is 22.8 Å². The fourth-order valence-corrected chi connectivity index (χ4v) is 5.37. The summed E-state index contributed by atoms with van der Waals surface area (Å²) in [5.74, 6) is -0.0526. The first-order valence-corrected chi connectivity index (χ1v) is 10.7. The van der Waals surface area contributed by atoms with Crippen LogP contribution in [0.3, 0.4) is 0 Å². The molecule has 0 bridgehead atoms. The summed E-state index contributed by atoms with van der Waals surface area (Å²) in [5, 5.41) is 1.04. The Bertz CT molecular complexity index is 1060. The zero-order chi connectivity index (χ0) is 20.7. The van der Waals surface area contributed by atoms with Gasteiger partial charge in [0.25, 0.3) is 0 Å². The standard InChI is InChI=1S/C25H26N2O3/c1-2-25-13-8-14-27(24(29)30-16-17-9-4-3-5-10-17)23(25)21(25)22(28)20-15-18-11-6-7-12-19(18)26-20/h3-7,9-12,15,21,23,26H,2,8,13-14,16H2,1H3/t21-,23?,25+/m0/s1. The van der Waals surface area contributed by atoms with E-state index < -0.39 is 0 Å². The largest absolute Gasteiger partial charge is 0.445 e. The van der Waals surface area contributed by atoms with Gasteiger partial charge in [-0.05, 0) is 37.0 Å². The number of H-pyrrole nitrogens is 1. The van der Waals surface area contributed by atoms with Gasteiger partial charge in [-0.15, -0.1) is 0 Å². The Morgan fingerprint density at radius 1 is 1.13 bits per heavy atom. The van der Waals surface area contributed by atoms with E-state index in [1.807, 2.05) is 60.7 Å². The number of nitrogens with one attached hydrogen (secondary N) is 1. The second-order valence-electron chi connectivity index (χ2n) is 8.48. The number of Topliss-reactive ketones (excluding diaryl/α,β-unsaturated/α-hetero) is 1. The first-order valence-electron chi connectivity index (χ1n) is 10.7. The first kappa shape index (κ1) is 18.9. The lowest BCUT2D eigenvalue weighted by Gasteiger charge is -2.30. The molecule has 154 valence electrons. The van der Waals surface area contributed by atoms with Crippen LogP contribution in [-0.4, -0.2) is 34.3 Å². The maximum Gasteiger partial charge on any atom is 0.410 e. The summed E-state index contributed by atoms with van der Waals surface area (Å²) in [6, 6.07) is 19.5. The summed E-state index contributed by atoms with van der Waals surface area (Å²) in [7, 11) is 0. The van der Waals surface area contributed by atoms with Gasteiger partial charge in [0.2, 0.25) is 0 Å². The van der Waals surface area contributed by atoms with Gasteiger partial charge in [0.15, 0.2) is 5.78 Å². The lowest BCUT2D eigenvalue weighted by molar-refractivity contribution is 0.0768. The van der Waals surface area contributed by atoms with Crippen LogP contribution in [0.2, 0.25) is 0 Å². The molecule has 3 atom stereocenters. The molecule has 2 aromatic carbocycles. The molecule has 1 N–H and O–H groups in total. The van der Waals surface area contributed by atoms with Gasteiger partial charge in [-0.25, -0.2) is 4.79 Å². The van der Waals surface area contributed by atoms with Gasteiger partial charge >= 0.3 is 6.09 Å². The Morgan fingerprint density at radius 2 is 1.90 bits per heavy atom. The lowest BCUT2D eigenvalue weighted by atomic mass is 9.90. The number of fused-ring (bicyclic) bond motifs is 2. The maximum absolute atomic E-state index is 13.4. The summed E-state index contributed by atoms with van der Waals surface area (Å²) in [5.41, 5.74) is 2.44. The van der Waals surface area contributed by atoms with Gasteiger partial charge in [-0.3, -0.25) is 4.79 Å². The highest BCUT2D eigenvalue weighted by Gasteiger charge is 2.71. The summed E-state index contributed by atoms with van der Waals surface area (Å²) in [6.45, 7) is 3.03. The molecule has 30 heavy (non-hydrogen) atoms. The average molecular weight is 402 g/mol. The molecule has 5 heteroatoms. The van der Waals surface area contributed by atoms with Crippen LogP contribution in [-0.2, 0) is 11.3 Å². The van der Waals surface area contributed by atoms with Gasteiger partial charge in [0.1, 0.15) is 6.61 Å². The molecule has 0 radical (unpaired) electrons. The molecule has 0 spiro atoms. The number of ether oxygens (including phenoxy) is 1. The summed E-state index contributed by atoms with van der Waals surface area (Å²) in [6.07, 6.45) is 2.46. The lowest BCUT2D eigenvalue weighted by Crippen LogP contribution is -2.40. The fraction of sp³-hybridized carbons (Fsp3) is 0.360. The molecule has 1 aliphatic heterocycles. The zero-order valence-corrected chi connectivity index (χ0v) is 17.1. The third-order valence-electron chi connectivity index (χ3n) is 6.97. The van der Waals surface area contributed by atoms with Crippen LogP contribution in [0, 0.1) is 11.3 Å². The number of para-hydroxylation sites is 1. The highest BCUT2D eigenvalue weighted by Crippen LogP contribution is 2.64. The molecule has 1 saturated carbocycles. The number of nitrogens with zero attached hydrogens (tertiary/aromatic N) is 1. The van der Waals surface area contributed by atoms with E-state index in [4.69, 9.17) is 4.74 Å². The van der Waals surface area contributed by atoms with E-state index in [1.54, 1.807) is 4.90 Å². The number of amides is 1. The zero-order valence-electron chi connectivity index (χ0n) is 17.1. The Morgan fingerprint density at radius 3 is 2.67 bits per heavy atom. The van der Waals surface area contributed by atoms with Crippen molar-refractivity contribution in [2.75, 3.05) is 6.54 Å². The minimum absolute atomic E-state index is 0.0709. The quantitative estimate of drug-likeness (QED) is 0.598. The predicted octanol–water partition coefficient (Wildman–Crippen LogP) is 5.18. The Kier molecular flexibility index (Phi) is 4.61. The van der Waals surface area contributed by atoms with Crippen molar-refractivity contribution in [2.45, 2.75) is 38.8 Å². The van der Waals surface area contributed by atoms with E-state index in [1.165, 1.54) is 0 Å². The van der Waals surface area contributed by atoms with Crippen LogP contribution >= 0.6 is 0 Å². The Labute approximate surface area is 176 Å². The number of carbonyl (C=O) groups is 2. The van der Waals surface area contributed by atoms with Gasteiger partial charge in [-0.1, -0.05) is 55.5 Å². The van der Waals surface area contributed by atoms with E-state index in [2.05, 4.69) is 11.9 Å². The molecule has 2 aliphatic rings. The predicted molar refractivity (Wildman–Crippen MR) is 115 cm³/mol. The Hall–Kier alpha value is -3.08. The van der Waals surface area contributed by atoms with Crippen molar-refractivity contribution in [3.63, 3.8) is 0 Å². The van der Waals surface area contributed by atoms with Crippen LogP contribution in [0.4, 0.5) is 4.79 Å². The van der Waals surface area contributed by atoms with Crippen molar-refractivity contribution < 1.29 is 14.3 Å². The van der Waals surface area contributed by atoms with Gasteiger partial charge in [0.05, 0.1) is 17.7 Å². The van der Waals surface area contributed by atoms with E-state index in [0.29, 0.717) is 12.2 Å². The third kappa shape index (κ3) is 3.00. The number of carbonyl (C=O) groups excluding carboxylic acids is 2. The summed E-state index contributed by atoms with van der Waals surface area (Å²) >= 11 is 0. The van der Waals surface area contributed by atoms with E-state index in [9.17, 15) is 9.59 Å². The number of benzene rings is 2. The SMILES string of the molecule is CC[C@]12CCCN(C(=O)OCc3ccccc3)C1[C@@H]2C(=O)c1cc2ccccc2[nH]1. The fourth-order valence-electron chi connectivity index (χ4n) is 5.37. The van der Waals surface area contributed by atoms with Crippen molar-refractivity contribution in [3.05, 3.63) is 71.9 Å². The topological polar surface area (TPSA) is 62.4 Å². The van der Waals surface area contributed by atoms with Gasteiger partial charge in [0, 0.05) is 22.9 Å². The molecule has 1 aromatic heterocycles. The van der Waals surface area contributed by atoms with Crippen LogP contribution in [0.25, 0.3) is 10.9 Å². The number of aromatic amines is 1. The molecule has 5 rings (SSSR count). The van der Waals surface area contributed by atoms with E-state index in [-0.39, 0.29) is 35.9 Å². The van der Waals surface area contributed by atoms with Gasteiger partial charge < -0.3 is 14.6 Å². The number of piperidine rings is 1. The van der Waals surface area contributed by atoms with Crippen molar-refractivity contribution in [3.8, 4) is 0 Å². The van der Waals surface area contributed by atoms with Crippen LogP contribution in [0.1, 0.15) is 42.2 Å². The van der Waals surface area contributed by atoms with Crippen molar-refractivity contribution in [2.24, 2.45) is 11.3 Å². The minimum Gasteiger partial charge on any atom is -0.445 e. The molecular formula is C25H26N2O3. The number of rotatable bonds is 5.